The van der Waals surface area contributed by atoms with Gasteiger partial charge in [0.1, 0.15) is 5.75 Å². The first-order valence-corrected chi connectivity index (χ1v) is 7.79. The summed E-state index contributed by atoms with van der Waals surface area (Å²) in [6.45, 7) is 4.57. The van der Waals surface area contributed by atoms with Gasteiger partial charge in [-0.2, -0.15) is 5.26 Å². The molecule has 0 aromatic heterocycles. The molecule has 25 heavy (non-hydrogen) atoms. The van der Waals surface area contributed by atoms with Crippen molar-refractivity contribution in [3.8, 4) is 11.8 Å². The summed E-state index contributed by atoms with van der Waals surface area (Å²) in [7, 11) is 0. The van der Waals surface area contributed by atoms with E-state index < -0.39 is 30.6 Å². The van der Waals surface area contributed by atoms with Crippen LogP contribution in [0.1, 0.15) is 32.8 Å². The van der Waals surface area contributed by atoms with Crippen LogP contribution in [-0.4, -0.2) is 36.7 Å². The quantitative estimate of drug-likeness (QED) is 0.722. The van der Waals surface area contributed by atoms with E-state index in [2.05, 4.69) is 10.6 Å². The second-order valence-corrected chi connectivity index (χ2v) is 5.33. The van der Waals surface area contributed by atoms with Gasteiger partial charge in [0.2, 0.25) is 0 Å². The van der Waals surface area contributed by atoms with Crippen LogP contribution in [0.25, 0.3) is 0 Å². The molecule has 0 radical (unpaired) electrons. The number of ether oxygens (including phenoxy) is 2. The van der Waals surface area contributed by atoms with Crippen LogP contribution >= 0.6 is 0 Å². The molecule has 0 fully saturated rings. The minimum absolute atomic E-state index is 0.0730. The smallest absolute Gasteiger partial charge is 0.347 e. The number of amides is 3. The van der Waals surface area contributed by atoms with Gasteiger partial charge in [0.15, 0.2) is 12.7 Å². The summed E-state index contributed by atoms with van der Waals surface area (Å²) in [5.41, 5.74) is 0.468. The predicted molar refractivity (Wildman–Crippen MR) is 88.6 cm³/mol. The number of nitriles is 1. The highest BCUT2D eigenvalue weighted by molar-refractivity contribution is 5.95. The zero-order valence-corrected chi connectivity index (χ0v) is 14.4. The van der Waals surface area contributed by atoms with Crippen molar-refractivity contribution in [3.05, 3.63) is 29.8 Å². The molecule has 134 valence electrons. The Balaban J connectivity index is 2.38. The largest absolute Gasteiger partial charge is 0.479 e. The number of nitrogens with one attached hydrogen (secondary N) is 2. The molecule has 0 unspecified atom stereocenters. The summed E-state index contributed by atoms with van der Waals surface area (Å²) in [6.07, 6.45) is -0.226. The number of carbonyl (C=O) groups excluding carboxylic acids is 3. The second-order valence-electron chi connectivity index (χ2n) is 5.33. The first kappa shape index (κ1) is 20.0. The summed E-state index contributed by atoms with van der Waals surface area (Å²) in [6, 6.07) is 7.46. The highest BCUT2D eigenvalue weighted by Crippen LogP contribution is 2.13. The molecule has 2 N–H and O–H groups in total. The van der Waals surface area contributed by atoms with Gasteiger partial charge < -0.3 is 14.8 Å². The second kappa shape index (κ2) is 9.93. The first-order valence-electron chi connectivity index (χ1n) is 7.79. The molecule has 0 saturated carbocycles. The first-order chi connectivity index (χ1) is 11.8. The van der Waals surface area contributed by atoms with E-state index in [-0.39, 0.29) is 6.04 Å². The molecule has 0 aliphatic carbocycles. The van der Waals surface area contributed by atoms with E-state index in [4.69, 9.17) is 14.7 Å². The van der Waals surface area contributed by atoms with Gasteiger partial charge in [-0.15, -0.1) is 0 Å². The minimum atomic E-state index is -0.949. The molecule has 1 aromatic rings. The van der Waals surface area contributed by atoms with Crippen LogP contribution in [0.2, 0.25) is 0 Å². The lowest BCUT2D eigenvalue weighted by Gasteiger charge is -2.14. The number of hydrogen-bond donors (Lipinski definition) is 2. The van der Waals surface area contributed by atoms with Crippen LogP contribution in [0.4, 0.5) is 4.79 Å². The number of imide groups is 1. The van der Waals surface area contributed by atoms with Crippen LogP contribution in [0.5, 0.6) is 5.75 Å². The maximum atomic E-state index is 11.8. The minimum Gasteiger partial charge on any atom is -0.479 e. The molecular formula is C17H21N3O5. The Morgan fingerprint density at radius 3 is 2.40 bits per heavy atom. The van der Waals surface area contributed by atoms with E-state index >= 15 is 0 Å². The molecule has 0 bridgehead atoms. The average Bonchev–Trinajstić information content (AvgIpc) is 2.59. The SMILES string of the molecule is CC[C@H](C)NC(=O)NC(=O)COC(=O)[C@H](C)Oc1ccc(C#N)cc1. The summed E-state index contributed by atoms with van der Waals surface area (Å²) in [5, 5.41) is 13.3. The zero-order chi connectivity index (χ0) is 18.8. The molecule has 3 amide bonds. The van der Waals surface area contributed by atoms with Crippen molar-refractivity contribution in [1.29, 1.82) is 5.26 Å². The van der Waals surface area contributed by atoms with Crippen molar-refractivity contribution in [2.24, 2.45) is 0 Å². The third kappa shape index (κ3) is 7.35. The van der Waals surface area contributed by atoms with E-state index in [0.717, 1.165) is 6.42 Å². The molecule has 0 aliphatic rings. The van der Waals surface area contributed by atoms with Crippen molar-refractivity contribution >= 4 is 17.9 Å². The van der Waals surface area contributed by atoms with Crippen molar-refractivity contribution < 1.29 is 23.9 Å². The van der Waals surface area contributed by atoms with Gasteiger partial charge in [-0.05, 0) is 44.5 Å². The van der Waals surface area contributed by atoms with Crippen LogP contribution < -0.4 is 15.4 Å². The summed E-state index contributed by atoms with van der Waals surface area (Å²) >= 11 is 0. The Hall–Kier alpha value is -3.08. The van der Waals surface area contributed by atoms with Gasteiger partial charge in [0.05, 0.1) is 11.6 Å². The standard InChI is InChI=1S/C17H21N3O5/c1-4-11(2)19-17(23)20-15(21)10-24-16(22)12(3)25-14-7-5-13(9-18)6-8-14/h5-8,11-12H,4,10H2,1-3H3,(H2,19,20,21,23)/t11-,12-/m0/s1. The molecule has 0 spiro atoms. The lowest BCUT2D eigenvalue weighted by molar-refractivity contribution is -0.154. The van der Waals surface area contributed by atoms with Gasteiger partial charge >= 0.3 is 12.0 Å². The fourth-order valence-electron chi connectivity index (χ4n) is 1.64. The van der Waals surface area contributed by atoms with Gasteiger partial charge in [-0.25, -0.2) is 9.59 Å². The molecule has 0 heterocycles. The maximum absolute atomic E-state index is 11.8. The highest BCUT2D eigenvalue weighted by Gasteiger charge is 2.18. The number of urea groups is 1. The van der Waals surface area contributed by atoms with Crippen molar-refractivity contribution in [3.63, 3.8) is 0 Å². The highest BCUT2D eigenvalue weighted by atomic mass is 16.6. The third-order valence-corrected chi connectivity index (χ3v) is 3.22. The van der Waals surface area contributed by atoms with Crippen molar-refractivity contribution in [2.45, 2.75) is 39.3 Å². The summed E-state index contributed by atoms with van der Waals surface area (Å²) in [5.74, 6) is -1.09. The molecule has 0 saturated heterocycles. The Labute approximate surface area is 146 Å². The lowest BCUT2D eigenvalue weighted by Crippen LogP contribution is -2.45. The molecule has 8 heteroatoms. The van der Waals surface area contributed by atoms with Gasteiger partial charge in [0.25, 0.3) is 5.91 Å². The number of hydrogen-bond acceptors (Lipinski definition) is 6. The van der Waals surface area contributed by atoms with Crippen LogP contribution in [0.15, 0.2) is 24.3 Å². The normalized spacial score (nSPS) is 12.2. The van der Waals surface area contributed by atoms with Gasteiger partial charge in [-0.1, -0.05) is 6.92 Å². The Bertz CT molecular complexity index is 651. The Morgan fingerprint density at radius 1 is 1.20 bits per heavy atom. The van der Waals surface area contributed by atoms with E-state index in [1.54, 1.807) is 31.2 Å². The van der Waals surface area contributed by atoms with Gasteiger partial charge in [-0.3, -0.25) is 10.1 Å². The number of benzene rings is 1. The van der Waals surface area contributed by atoms with Crippen LogP contribution in [0, 0.1) is 11.3 Å². The maximum Gasteiger partial charge on any atom is 0.347 e. The summed E-state index contributed by atoms with van der Waals surface area (Å²) in [4.78, 5) is 34.8. The third-order valence-electron chi connectivity index (χ3n) is 3.22. The fourth-order valence-corrected chi connectivity index (χ4v) is 1.64. The molecular weight excluding hydrogens is 326 g/mol. The topological polar surface area (TPSA) is 118 Å². The van der Waals surface area contributed by atoms with Gasteiger partial charge in [0, 0.05) is 6.04 Å². The average molecular weight is 347 g/mol. The molecule has 8 nitrogen and oxygen atoms in total. The zero-order valence-electron chi connectivity index (χ0n) is 14.4. The van der Waals surface area contributed by atoms with Crippen molar-refractivity contribution in [1.82, 2.24) is 10.6 Å². The Kier molecular flexibility index (Phi) is 7.93. The molecule has 0 aliphatic heterocycles. The van der Waals surface area contributed by atoms with Crippen LogP contribution in [-0.2, 0) is 14.3 Å². The molecule has 1 rings (SSSR count). The lowest BCUT2D eigenvalue weighted by atomic mass is 10.2. The molecule has 1 aromatic carbocycles. The number of rotatable bonds is 7. The van der Waals surface area contributed by atoms with E-state index in [1.165, 1.54) is 6.92 Å². The van der Waals surface area contributed by atoms with E-state index in [9.17, 15) is 14.4 Å². The fraction of sp³-hybridized carbons (Fsp3) is 0.412. The number of nitrogens with zero attached hydrogens (tertiary/aromatic N) is 1. The summed E-state index contributed by atoms with van der Waals surface area (Å²) < 4.78 is 10.2. The molecule has 2 atom stereocenters. The number of carbonyl (C=O) groups is 3. The van der Waals surface area contributed by atoms with Crippen LogP contribution in [0.3, 0.4) is 0 Å². The van der Waals surface area contributed by atoms with E-state index in [1.807, 2.05) is 13.0 Å². The predicted octanol–water partition coefficient (Wildman–Crippen LogP) is 1.49. The van der Waals surface area contributed by atoms with E-state index in [0.29, 0.717) is 11.3 Å². The number of esters is 1. The van der Waals surface area contributed by atoms with Crippen molar-refractivity contribution in [2.75, 3.05) is 6.61 Å². The Morgan fingerprint density at radius 2 is 1.84 bits per heavy atom. The monoisotopic (exact) mass is 347 g/mol.